The maximum atomic E-state index is 5.41. The molecule has 0 bridgehead atoms. The fraction of sp³-hybridized carbons (Fsp3) is 0.647. The van der Waals surface area contributed by atoms with E-state index < -0.39 is 0 Å². The van der Waals surface area contributed by atoms with Crippen LogP contribution in [0.3, 0.4) is 0 Å². The fourth-order valence-corrected chi connectivity index (χ4v) is 2.13. The Bertz CT molecular complexity index is 463. The first-order valence-electron chi connectivity index (χ1n) is 7.79. The van der Waals surface area contributed by atoms with Gasteiger partial charge in [-0.1, -0.05) is 19.9 Å². The van der Waals surface area contributed by atoms with Crippen LogP contribution in [0.1, 0.15) is 39.2 Å². The lowest BCUT2D eigenvalue weighted by Gasteiger charge is -2.26. The van der Waals surface area contributed by atoms with E-state index >= 15 is 0 Å². The van der Waals surface area contributed by atoms with Gasteiger partial charge in [0, 0.05) is 45.6 Å². The molecule has 1 aromatic rings. The van der Waals surface area contributed by atoms with Crippen molar-refractivity contribution in [3.05, 3.63) is 30.1 Å². The number of rotatable bonds is 7. The van der Waals surface area contributed by atoms with Crippen molar-refractivity contribution in [1.82, 2.24) is 15.6 Å². The summed E-state index contributed by atoms with van der Waals surface area (Å²) in [5, 5.41) is 6.71. The van der Waals surface area contributed by atoms with Crippen LogP contribution in [-0.2, 0) is 4.74 Å². The molecule has 1 heterocycles. The Morgan fingerprint density at radius 2 is 2.04 bits per heavy atom. The lowest BCUT2D eigenvalue weighted by atomic mass is 9.89. The zero-order valence-corrected chi connectivity index (χ0v) is 17.4. The van der Waals surface area contributed by atoms with E-state index in [-0.39, 0.29) is 29.6 Å². The zero-order chi connectivity index (χ0) is 16.6. The van der Waals surface area contributed by atoms with Gasteiger partial charge in [0.15, 0.2) is 5.96 Å². The van der Waals surface area contributed by atoms with Gasteiger partial charge in [-0.15, -0.1) is 24.0 Å². The Morgan fingerprint density at radius 3 is 2.52 bits per heavy atom. The van der Waals surface area contributed by atoms with E-state index in [0.29, 0.717) is 18.4 Å². The molecule has 0 fully saturated rings. The SMILES string of the molecule is CN=C(NCC(c1cccnc1)C(C)C)NCC(C)(C)OC.I. The molecule has 0 aliphatic heterocycles. The number of hydrogen-bond donors (Lipinski definition) is 2. The van der Waals surface area contributed by atoms with E-state index in [4.69, 9.17) is 4.74 Å². The van der Waals surface area contributed by atoms with Gasteiger partial charge in [0.05, 0.1) is 5.60 Å². The topological polar surface area (TPSA) is 58.5 Å². The fourth-order valence-electron chi connectivity index (χ4n) is 2.13. The summed E-state index contributed by atoms with van der Waals surface area (Å²) in [6.45, 7) is 10.0. The Labute approximate surface area is 157 Å². The summed E-state index contributed by atoms with van der Waals surface area (Å²) >= 11 is 0. The van der Waals surface area contributed by atoms with Crippen LogP contribution in [0.2, 0.25) is 0 Å². The van der Waals surface area contributed by atoms with Crippen molar-refractivity contribution in [3.8, 4) is 0 Å². The molecular weight excluding hydrogens is 403 g/mol. The van der Waals surface area contributed by atoms with Crippen molar-refractivity contribution in [3.63, 3.8) is 0 Å². The minimum absolute atomic E-state index is 0. The van der Waals surface area contributed by atoms with Crippen molar-refractivity contribution < 1.29 is 4.74 Å². The van der Waals surface area contributed by atoms with Crippen molar-refractivity contribution >= 4 is 29.9 Å². The average molecular weight is 434 g/mol. The van der Waals surface area contributed by atoms with E-state index in [1.165, 1.54) is 5.56 Å². The molecule has 0 aliphatic carbocycles. The quantitative estimate of drug-likeness (QED) is 0.394. The highest BCUT2D eigenvalue weighted by atomic mass is 127. The first-order chi connectivity index (χ1) is 10.4. The Morgan fingerprint density at radius 1 is 1.35 bits per heavy atom. The van der Waals surface area contributed by atoms with Crippen LogP contribution in [-0.4, -0.2) is 43.8 Å². The lowest BCUT2D eigenvalue weighted by molar-refractivity contribution is 0.0268. The van der Waals surface area contributed by atoms with Gasteiger partial charge in [-0.2, -0.15) is 0 Å². The van der Waals surface area contributed by atoms with Crippen molar-refractivity contribution in [2.24, 2.45) is 10.9 Å². The minimum Gasteiger partial charge on any atom is -0.377 e. The number of nitrogens with one attached hydrogen (secondary N) is 2. The number of pyridine rings is 1. The van der Waals surface area contributed by atoms with Gasteiger partial charge in [0.25, 0.3) is 0 Å². The van der Waals surface area contributed by atoms with Crippen LogP contribution in [0.15, 0.2) is 29.5 Å². The van der Waals surface area contributed by atoms with Crippen molar-refractivity contribution in [1.29, 1.82) is 0 Å². The predicted molar refractivity (Wildman–Crippen MR) is 108 cm³/mol. The smallest absolute Gasteiger partial charge is 0.191 e. The first-order valence-corrected chi connectivity index (χ1v) is 7.79. The van der Waals surface area contributed by atoms with E-state index in [1.54, 1.807) is 14.2 Å². The number of methoxy groups -OCH3 is 1. The molecule has 0 amide bonds. The number of ether oxygens (including phenoxy) is 1. The standard InChI is InChI=1S/C17H30N4O.HI/c1-13(2)15(14-8-7-9-19-10-14)11-20-16(18-5)21-12-17(3,4)22-6;/h7-10,13,15H,11-12H2,1-6H3,(H2,18,20,21);1H. The summed E-state index contributed by atoms with van der Waals surface area (Å²) in [4.78, 5) is 8.50. The van der Waals surface area contributed by atoms with Crippen LogP contribution >= 0.6 is 24.0 Å². The molecule has 0 aromatic carbocycles. The number of hydrogen-bond acceptors (Lipinski definition) is 3. The van der Waals surface area contributed by atoms with Crippen molar-refractivity contribution in [2.75, 3.05) is 27.2 Å². The third-order valence-corrected chi connectivity index (χ3v) is 3.86. The minimum atomic E-state index is -0.224. The molecule has 132 valence electrons. The van der Waals surface area contributed by atoms with E-state index in [1.807, 2.05) is 32.3 Å². The molecule has 0 saturated carbocycles. The molecule has 0 spiro atoms. The highest BCUT2D eigenvalue weighted by Crippen LogP contribution is 2.22. The molecule has 5 nitrogen and oxygen atoms in total. The molecule has 2 N–H and O–H groups in total. The summed E-state index contributed by atoms with van der Waals surface area (Å²) in [5.74, 6) is 1.70. The molecule has 1 unspecified atom stereocenters. The zero-order valence-electron chi connectivity index (χ0n) is 15.1. The summed E-state index contributed by atoms with van der Waals surface area (Å²) < 4.78 is 5.41. The predicted octanol–water partition coefficient (Wildman–Crippen LogP) is 3.03. The van der Waals surface area contributed by atoms with Crippen LogP contribution in [0.5, 0.6) is 0 Å². The number of halogens is 1. The molecule has 1 aromatic heterocycles. The van der Waals surface area contributed by atoms with Gasteiger partial charge in [-0.25, -0.2) is 0 Å². The third-order valence-electron chi connectivity index (χ3n) is 3.86. The highest BCUT2D eigenvalue weighted by Gasteiger charge is 2.19. The lowest BCUT2D eigenvalue weighted by Crippen LogP contribution is -2.46. The Kier molecular flexibility index (Phi) is 10.4. The highest BCUT2D eigenvalue weighted by molar-refractivity contribution is 14.0. The van der Waals surface area contributed by atoms with Gasteiger partial charge in [-0.3, -0.25) is 9.98 Å². The van der Waals surface area contributed by atoms with Crippen LogP contribution in [0, 0.1) is 5.92 Å². The Hall–Kier alpha value is -0.890. The molecule has 23 heavy (non-hydrogen) atoms. The number of guanidine groups is 1. The summed E-state index contributed by atoms with van der Waals surface area (Å²) in [6.07, 6.45) is 3.75. The normalized spacial score (nSPS) is 13.4. The molecule has 1 rings (SSSR count). The summed E-state index contributed by atoms with van der Waals surface area (Å²) in [6, 6.07) is 4.11. The third kappa shape index (κ3) is 7.97. The van der Waals surface area contributed by atoms with E-state index in [0.717, 1.165) is 12.5 Å². The largest absolute Gasteiger partial charge is 0.377 e. The molecule has 0 aliphatic rings. The molecule has 0 saturated heterocycles. The maximum Gasteiger partial charge on any atom is 0.191 e. The van der Waals surface area contributed by atoms with E-state index in [2.05, 4.69) is 40.5 Å². The Balaban J connectivity index is 0.00000484. The number of aliphatic imine (C=N–C) groups is 1. The monoisotopic (exact) mass is 434 g/mol. The van der Waals surface area contributed by atoms with Crippen molar-refractivity contribution in [2.45, 2.75) is 39.2 Å². The maximum absolute atomic E-state index is 5.41. The van der Waals surface area contributed by atoms with E-state index in [9.17, 15) is 0 Å². The second kappa shape index (κ2) is 10.8. The number of nitrogens with zero attached hydrogens (tertiary/aromatic N) is 2. The van der Waals surface area contributed by atoms with Gasteiger partial charge in [-0.05, 0) is 31.4 Å². The second-order valence-corrected chi connectivity index (χ2v) is 6.41. The molecule has 1 atom stereocenters. The van der Waals surface area contributed by atoms with Crippen LogP contribution < -0.4 is 10.6 Å². The van der Waals surface area contributed by atoms with Gasteiger partial charge in [0.1, 0.15) is 0 Å². The number of aromatic nitrogens is 1. The second-order valence-electron chi connectivity index (χ2n) is 6.41. The average Bonchev–Trinajstić information content (AvgIpc) is 2.51. The summed E-state index contributed by atoms with van der Waals surface area (Å²) in [7, 11) is 3.50. The molecule has 6 heteroatoms. The summed E-state index contributed by atoms with van der Waals surface area (Å²) in [5.41, 5.74) is 1.02. The molecular formula is C17H31IN4O. The first kappa shape index (κ1) is 22.1. The van der Waals surface area contributed by atoms with Crippen LogP contribution in [0.4, 0.5) is 0 Å². The van der Waals surface area contributed by atoms with Gasteiger partial charge in [0.2, 0.25) is 0 Å². The van der Waals surface area contributed by atoms with Gasteiger partial charge >= 0.3 is 0 Å². The molecule has 0 radical (unpaired) electrons. The van der Waals surface area contributed by atoms with Crippen LogP contribution in [0.25, 0.3) is 0 Å². The van der Waals surface area contributed by atoms with Gasteiger partial charge < -0.3 is 15.4 Å².